The van der Waals surface area contributed by atoms with E-state index in [1.807, 2.05) is 57.2 Å². The third kappa shape index (κ3) is 6.67. The molecule has 0 spiro atoms. The average Bonchev–Trinajstić information content (AvgIpc) is 2.90. The van der Waals surface area contributed by atoms with Crippen LogP contribution in [0.2, 0.25) is 0 Å². The van der Waals surface area contributed by atoms with Crippen LogP contribution in [0.25, 0.3) is 6.08 Å². The molecule has 1 fully saturated rings. The molecule has 0 N–H and O–H groups in total. The zero-order valence-corrected chi connectivity index (χ0v) is 22.6. The van der Waals surface area contributed by atoms with Crippen molar-refractivity contribution in [3.8, 4) is 0 Å². The summed E-state index contributed by atoms with van der Waals surface area (Å²) in [4.78, 5) is 17.7. The predicted molar refractivity (Wildman–Crippen MR) is 150 cm³/mol. The number of aryl methyl sites for hydroxylation is 3. The molecule has 4 rings (SSSR count). The van der Waals surface area contributed by atoms with Gasteiger partial charge in [0.25, 0.3) is 10.0 Å². The first-order valence-electron chi connectivity index (χ1n) is 12.6. The molecule has 1 amide bonds. The van der Waals surface area contributed by atoms with E-state index >= 15 is 0 Å². The van der Waals surface area contributed by atoms with Crippen LogP contribution in [-0.2, 0) is 14.8 Å². The molecule has 3 aromatic carbocycles. The van der Waals surface area contributed by atoms with Crippen molar-refractivity contribution in [2.45, 2.75) is 25.7 Å². The van der Waals surface area contributed by atoms with Gasteiger partial charge in [-0.1, -0.05) is 72.3 Å². The number of benzene rings is 3. The van der Waals surface area contributed by atoms with E-state index in [9.17, 15) is 13.2 Å². The van der Waals surface area contributed by atoms with Crippen LogP contribution in [0.4, 0.5) is 5.69 Å². The summed E-state index contributed by atoms with van der Waals surface area (Å²) in [5.74, 6) is -0.184. The van der Waals surface area contributed by atoms with Crippen molar-refractivity contribution < 1.29 is 13.2 Å². The number of amides is 1. The van der Waals surface area contributed by atoms with Gasteiger partial charge in [0.15, 0.2) is 0 Å². The molecule has 7 heteroatoms. The lowest BCUT2D eigenvalue weighted by Crippen LogP contribution is -2.51. The average molecular weight is 518 g/mol. The van der Waals surface area contributed by atoms with Gasteiger partial charge in [0.05, 0.1) is 10.6 Å². The van der Waals surface area contributed by atoms with Crippen molar-refractivity contribution in [1.29, 1.82) is 0 Å². The van der Waals surface area contributed by atoms with Crippen LogP contribution in [0.3, 0.4) is 0 Å². The van der Waals surface area contributed by atoms with Crippen LogP contribution in [0.1, 0.15) is 22.3 Å². The summed E-state index contributed by atoms with van der Waals surface area (Å²) in [6.07, 6.45) is 4.25. The lowest BCUT2D eigenvalue weighted by Gasteiger charge is -2.35. The minimum absolute atomic E-state index is 0.182. The fourth-order valence-corrected chi connectivity index (χ4v) is 5.90. The number of hydrogen-bond donors (Lipinski definition) is 0. The summed E-state index contributed by atoms with van der Waals surface area (Å²) in [7, 11) is -3.93. The summed E-state index contributed by atoms with van der Waals surface area (Å²) in [5, 5.41) is 0. The molecule has 1 heterocycles. The Morgan fingerprint density at radius 2 is 1.51 bits per heavy atom. The van der Waals surface area contributed by atoms with Crippen LogP contribution in [-0.4, -0.2) is 63.4 Å². The van der Waals surface area contributed by atoms with E-state index in [1.165, 1.54) is 4.31 Å². The Hall–Kier alpha value is -3.42. The highest BCUT2D eigenvalue weighted by atomic mass is 32.2. The smallest absolute Gasteiger partial charge is 0.264 e. The Balaban J connectivity index is 1.46. The SMILES string of the molecule is Cc1ccc(S(=O)(=O)N(CC(=O)N2CCN(C/C=C/c3ccccc3)CC2)c2cc(C)ccc2C)cc1. The van der Waals surface area contributed by atoms with Gasteiger partial charge in [-0.05, 0) is 55.7 Å². The van der Waals surface area contributed by atoms with E-state index < -0.39 is 10.0 Å². The fraction of sp³-hybridized carbons (Fsp3) is 0.300. The molecule has 194 valence electrons. The van der Waals surface area contributed by atoms with Crippen molar-refractivity contribution in [1.82, 2.24) is 9.80 Å². The molecule has 0 saturated carbocycles. The highest BCUT2D eigenvalue weighted by Crippen LogP contribution is 2.28. The second-order valence-corrected chi connectivity index (χ2v) is 11.5. The van der Waals surface area contributed by atoms with Crippen molar-refractivity contribution in [3.63, 3.8) is 0 Å². The van der Waals surface area contributed by atoms with Gasteiger partial charge in [-0.2, -0.15) is 0 Å². The number of hydrogen-bond acceptors (Lipinski definition) is 4. The number of carbonyl (C=O) groups excluding carboxylic acids is 1. The maximum absolute atomic E-state index is 13.8. The Morgan fingerprint density at radius 3 is 2.19 bits per heavy atom. The second-order valence-electron chi connectivity index (χ2n) is 9.61. The third-order valence-corrected chi connectivity index (χ3v) is 8.49. The Kier molecular flexibility index (Phi) is 8.46. The quantitative estimate of drug-likeness (QED) is 0.436. The van der Waals surface area contributed by atoms with Gasteiger partial charge in [-0.15, -0.1) is 0 Å². The molecule has 0 aliphatic carbocycles. The second kappa shape index (κ2) is 11.8. The lowest BCUT2D eigenvalue weighted by atomic mass is 10.1. The van der Waals surface area contributed by atoms with Gasteiger partial charge in [-0.3, -0.25) is 14.0 Å². The molecule has 0 aromatic heterocycles. The summed E-state index contributed by atoms with van der Waals surface area (Å²) < 4.78 is 28.8. The van der Waals surface area contributed by atoms with Crippen molar-refractivity contribution >= 4 is 27.7 Å². The molecule has 1 aliphatic heterocycles. The molecule has 37 heavy (non-hydrogen) atoms. The van der Waals surface area contributed by atoms with E-state index in [4.69, 9.17) is 0 Å². The van der Waals surface area contributed by atoms with Crippen molar-refractivity contribution in [3.05, 3.63) is 101 Å². The monoisotopic (exact) mass is 517 g/mol. The highest BCUT2D eigenvalue weighted by molar-refractivity contribution is 7.92. The molecular weight excluding hydrogens is 482 g/mol. The minimum Gasteiger partial charge on any atom is -0.339 e. The molecule has 1 aliphatic rings. The van der Waals surface area contributed by atoms with E-state index in [1.54, 1.807) is 29.2 Å². The van der Waals surface area contributed by atoms with Crippen LogP contribution < -0.4 is 4.31 Å². The van der Waals surface area contributed by atoms with Gasteiger partial charge in [0, 0.05) is 32.7 Å². The van der Waals surface area contributed by atoms with Crippen LogP contribution in [0.5, 0.6) is 0 Å². The summed E-state index contributed by atoms with van der Waals surface area (Å²) in [6.45, 7) is 8.94. The van der Waals surface area contributed by atoms with E-state index in [-0.39, 0.29) is 17.3 Å². The van der Waals surface area contributed by atoms with Crippen molar-refractivity contribution in [2.75, 3.05) is 43.6 Å². The number of carbonyl (C=O) groups is 1. The molecule has 1 saturated heterocycles. The van der Waals surface area contributed by atoms with Gasteiger partial charge in [-0.25, -0.2) is 8.42 Å². The number of piperazine rings is 1. The summed E-state index contributed by atoms with van der Waals surface area (Å²) >= 11 is 0. The van der Waals surface area contributed by atoms with Crippen LogP contribution in [0, 0.1) is 20.8 Å². The normalized spacial score (nSPS) is 14.7. The molecule has 3 aromatic rings. The molecule has 6 nitrogen and oxygen atoms in total. The van der Waals surface area contributed by atoms with E-state index in [0.29, 0.717) is 18.8 Å². The maximum Gasteiger partial charge on any atom is 0.264 e. The minimum atomic E-state index is -3.93. The maximum atomic E-state index is 13.8. The predicted octanol–water partition coefficient (Wildman–Crippen LogP) is 4.66. The standard InChI is InChI=1S/C30H35N3O3S/c1-24-12-15-28(16-13-24)37(35,36)33(29-22-25(2)11-14-26(29)3)23-30(34)32-20-18-31(19-21-32)17-7-10-27-8-5-4-6-9-27/h4-16,22H,17-21,23H2,1-3H3/b10-7+. The first kappa shape index (κ1) is 26.6. The molecule has 0 bridgehead atoms. The summed E-state index contributed by atoms with van der Waals surface area (Å²) in [6, 6.07) is 22.6. The van der Waals surface area contributed by atoms with E-state index in [2.05, 4.69) is 29.2 Å². The van der Waals surface area contributed by atoms with Crippen LogP contribution >= 0.6 is 0 Å². The number of anilines is 1. The Labute approximate surface area is 220 Å². The van der Waals surface area contributed by atoms with Gasteiger partial charge >= 0.3 is 0 Å². The number of sulfonamides is 1. The number of nitrogens with zero attached hydrogens (tertiary/aromatic N) is 3. The Morgan fingerprint density at radius 1 is 0.865 bits per heavy atom. The first-order valence-corrected chi connectivity index (χ1v) is 14.1. The van der Waals surface area contributed by atoms with Gasteiger partial charge in [0.1, 0.15) is 6.54 Å². The van der Waals surface area contributed by atoms with Gasteiger partial charge < -0.3 is 4.90 Å². The fourth-order valence-electron chi connectivity index (χ4n) is 4.43. The Bertz CT molecular complexity index is 1340. The topological polar surface area (TPSA) is 60.9 Å². The number of rotatable bonds is 8. The van der Waals surface area contributed by atoms with E-state index in [0.717, 1.165) is 41.9 Å². The molecular formula is C30H35N3O3S. The molecule has 0 atom stereocenters. The lowest BCUT2D eigenvalue weighted by molar-refractivity contribution is -0.131. The third-order valence-electron chi connectivity index (χ3n) is 6.72. The zero-order chi connectivity index (χ0) is 26.4. The largest absolute Gasteiger partial charge is 0.339 e. The highest BCUT2D eigenvalue weighted by Gasteiger charge is 2.31. The van der Waals surface area contributed by atoms with Gasteiger partial charge in [0.2, 0.25) is 5.91 Å². The van der Waals surface area contributed by atoms with Crippen molar-refractivity contribution in [2.24, 2.45) is 0 Å². The molecule has 0 unspecified atom stereocenters. The first-order chi connectivity index (χ1) is 17.7. The zero-order valence-electron chi connectivity index (χ0n) is 21.8. The van der Waals surface area contributed by atoms with Crippen LogP contribution in [0.15, 0.2) is 83.8 Å². The molecule has 0 radical (unpaired) electrons. The summed E-state index contributed by atoms with van der Waals surface area (Å²) in [5.41, 5.74) is 4.43.